The number of nitrogens with zero attached hydrogens (tertiary/aromatic N) is 1. The Morgan fingerprint density at radius 2 is 1.89 bits per heavy atom. The van der Waals surface area contributed by atoms with Gasteiger partial charge in [0.05, 0.1) is 12.0 Å². The Hall–Kier alpha value is -2.19. The average molecular weight is 516 g/mol. The maximum atomic E-state index is 14.4. The molecule has 1 aromatic rings. The molecule has 1 spiro atoms. The van der Waals surface area contributed by atoms with Crippen molar-refractivity contribution in [1.82, 2.24) is 0 Å². The number of hydrogen-bond acceptors (Lipinski definition) is 6. The standard InChI is InChI=1S/C28H34ClNO6/c1-14-12-27-15(2)10-20-21(26(20,3)4)19(23(27)33)11-16(13-31)22(32)28(27,35)24(14)36-25(34)30(5)18-8-6-17(29)7-9-18/h6-9,11-12,15,19-22,24,31-32,35H,10,13H2,1-5H3/t15-,19+,20-,21+,22-,24+,27+,28+/m1/s1. The van der Waals surface area contributed by atoms with Crippen LogP contribution in [0.2, 0.25) is 5.02 Å². The first-order valence-electron chi connectivity index (χ1n) is 12.5. The van der Waals surface area contributed by atoms with E-state index in [0.717, 1.165) is 0 Å². The van der Waals surface area contributed by atoms with Gasteiger partial charge in [0, 0.05) is 23.7 Å². The van der Waals surface area contributed by atoms with Crippen molar-refractivity contribution in [3.05, 3.63) is 52.6 Å². The molecule has 2 bridgehead atoms. The summed E-state index contributed by atoms with van der Waals surface area (Å²) in [6.45, 7) is 7.42. The summed E-state index contributed by atoms with van der Waals surface area (Å²) < 4.78 is 5.88. The number of ketones is 1. The monoisotopic (exact) mass is 515 g/mol. The van der Waals surface area contributed by atoms with Gasteiger partial charge in [-0.05, 0) is 71.9 Å². The van der Waals surface area contributed by atoms with Crippen LogP contribution in [0.25, 0.3) is 0 Å². The van der Waals surface area contributed by atoms with Gasteiger partial charge in [0.25, 0.3) is 0 Å². The summed E-state index contributed by atoms with van der Waals surface area (Å²) in [6.07, 6.45) is 0.467. The zero-order valence-corrected chi connectivity index (χ0v) is 22.0. The predicted molar refractivity (Wildman–Crippen MR) is 135 cm³/mol. The summed E-state index contributed by atoms with van der Waals surface area (Å²) in [5.74, 6) is -0.696. The number of anilines is 1. The largest absolute Gasteiger partial charge is 0.438 e. The third-order valence-corrected chi connectivity index (χ3v) is 9.86. The lowest BCUT2D eigenvalue weighted by Gasteiger charge is -2.48. The van der Waals surface area contributed by atoms with Gasteiger partial charge in [0.15, 0.2) is 17.5 Å². The first-order chi connectivity index (χ1) is 16.8. The Balaban J connectivity index is 1.58. The predicted octanol–water partition coefficient (Wildman–Crippen LogP) is 3.75. The number of carbonyl (C=O) groups excluding carboxylic acids is 2. The third-order valence-electron chi connectivity index (χ3n) is 9.60. The minimum absolute atomic E-state index is 0.0504. The van der Waals surface area contributed by atoms with E-state index in [1.807, 2.05) is 6.92 Å². The molecule has 194 valence electrons. The van der Waals surface area contributed by atoms with Crippen LogP contribution in [-0.2, 0) is 9.53 Å². The Kier molecular flexibility index (Phi) is 5.77. The van der Waals surface area contributed by atoms with Crippen molar-refractivity contribution in [2.45, 2.75) is 51.9 Å². The van der Waals surface area contributed by atoms with Gasteiger partial charge < -0.3 is 20.1 Å². The molecular formula is C28H34ClNO6. The number of amides is 1. The molecule has 36 heavy (non-hydrogen) atoms. The fourth-order valence-electron chi connectivity index (χ4n) is 7.54. The van der Waals surface area contributed by atoms with Crippen molar-refractivity contribution >= 4 is 29.2 Å². The molecule has 3 N–H and O–H groups in total. The molecule has 2 saturated carbocycles. The molecule has 8 atom stereocenters. The van der Waals surface area contributed by atoms with Crippen molar-refractivity contribution in [3.63, 3.8) is 0 Å². The zero-order valence-electron chi connectivity index (χ0n) is 21.2. The number of Topliss-reactive ketones (excluding diaryl/α,β-unsaturated/α-hetero) is 1. The normalized spacial score (nSPS) is 40.2. The molecule has 1 amide bonds. The van der Waals surface area contributed by atoms with Crippen molar-refractivity contribution in [2.75, 3.05) is 18.6 Å². The van der Waals surface area contributed by atoms with E-state index in [1.165, 1.54) is 11.9 Å². The first-order valence-corrected chi connectivity index (χ1v) is 12.9. The smallest absolute Gasteiger partial charge is 0.414 e. The van der Waals surface area contributed by atoms with Crippen molar-refractivity contribution < 1.29 is 29.6 Å². The molecule has 7 nitrogen and oxygen atoms in total. The summed E-state index contributed by atoms with van der Waals surface area (Å²) in [4.78, 5) is 28.9. The van der Waals surface area contributed by atoms with Gasteiger partial charge in [-0.1, -0.05) is 44.5 Å². The number of halogens is 1. The van der Waals surface area contributed by atoms with Gasteiger partial charge in [0.1, 0.15) is 6.10 Å². The lowest BCUT2D eigenvalue weighted by Crippen LogP contribution is -2.66. The molecule has 4 aliphatic rings. The van der Waals surface area contributed by atoms with Gasteiger partial charge >= 0.3 is 6.09 Å². The van der Waals surface area contributed by atoms with Gasteiger partial charge in [-0.3, -0.25) is 9.69 Å². The highest BCUT2D eigenvalue weighted by Gasteiger charge is 2.76. The van der Waals surface area contributed by atoms with Gasteiger partial charge in [-0.25, -0.2) is 4.79 Å². The topological polar surface area (TPSA) is 107 Å². The molecule has 0 unspecified atom stereocenters. The Morgan fingerprint density at radius 3 is 2.50 bits per heavy atom. The Labute approximate surface area is 216 Å². The maximum absolute atomic E-state index is 14.4. The number of ether oxygens (including phenoxy) is 1. The minimum atomic E-state index is -2.16. The van der Waals surface area contributed by atoms with E-state index in [-0.39, 0.29) is 34.5 Å². The molecule has 8 heteroatoms. The van der Waals surface area contributed by atoms with E-state index in [9.17, 15) is 24.9 Å². The van der Waals surface area contributed by atoms with Crippen molar-refractivity contribution in [2.24, 2.45) is 34.5 Å². The number of hydrogen-bond donors (Lipinski definition) is 3. The summed E-state index contributed by atoms with van der Waals surface area (Å²) in [6, 6.07) is 6.63. The van der Waals surface area contributed by atoms with Gasteiger partial charge in [-0.2, -0.15) is 0 Å². The molecule has 1 aromatic carbocycles. The van der Waals surface area contributed by atoms with Crippen LogP contribution in [0, 0.1) is 34.5 Å². The fourth-order valence-corrected chi connectivity index (χ4v) is 7.67. The second-order valence-corrected chi connectivity index (χ2v) is 12.1. The van der Waals surface area contributed by atoms with E-state index in [0.29, 0.717) is 22.7 Å². The molecule has 0 radical (unpaired) electrons. The highest BCUT2D eigenvalue weighted by atomic mass is 35.5. The van der Waals surface area contributed by atoms with E-state index < -0.39 is 41.8 Å². The van der Waals surface area contributed by atoms with Crippen molar-refractivity contribution in [3.8, 4) is 0 Å². The molecule has 4 aliphatic carbocycles. The number of rotatable bonds is 3. The van der Waals surface area contributed by atoms with E-state index in [4.69, 9.17) is 16.3 Å². The number of aliphatic hydroxyl groups is 3. The number of carbonyl (C=O) groups is 2. The highest BCUT2D eigenvalue weighted by molar-refractivity contribution is 6.30. The summed E-state index contributed by atoms with van der Waals surface area (Å²) in [5.41, 5.74) is -2.45. The molecule has 0 saturated heterocycles. The van der Waals surface area contributed by atoms with Crippen molar-refractivity contribution in [1.29, 1.82) is 0 Å². The van der Waals surface area contributed by atoms with E-state index >= 15 is 0 Å². The van der Waals surface area contributed by atoms with Crippen LogP contribution in [0.3, 0.4) is 0 Å². The lowest BCUT2D eigenvalue weighted by atomic mass is 9.59. The van der Waals surface area contributed by atoms with Crippen LogP contribution in [0.15, 0.2) is 47.6 Å². The number of allylic oxidation sites excluding steroid dienone is 1. The third kappa shape index (κ3) is 3.16. The number of benzene rings is 1. The zero-order chi connectivity index (χ0) is 26.4. The fraction of sp³-hybridized carbons (Fsp3) is 0.571. The van der Waals surface area contributed by atoms with Crippen LogP contribution in [0.1, 0.15) is 34.1 Å². The second kappa shape index (κ2) is 8.15. The SMILES string of the molecule is CC1=C[C@]23C(=O)[C@@H](C=C(CO)[C@@H](O)[C@]2(O)[C@H]1OC(=O)N(C)c1ccc(Cl)cc1)[C@H]1[C@@H](C[C@H]3C)C1(C)C. The first kappa shape index (κ1) is 25.5. The van der Waals surface area contributed by atoms with E-state index in [2.05, 4.69) is 13.8 Å². The summed E-state index contributed by atoms with van der Waals surface area (Å²) in [5, 5.41) is 34.7. The van der Waals surface area contributed by atoms with Crippen LogP contribution >= 0.6 is 11.6 Å². The van der Waals surface area contributed by atoms with E-state index in [1.54, 1.807) is 43.3 Å². The quantitative estimate of drug-likeness (QED) is 0.529. The van der Waals surface area contributed by atoms with Crippen LogP contribution in [-0.4, -0.2) is 58.7 Å². The summed E-state index contributed by atoms with van der Waals surface area (Å²) >= 11 is 5.97. The lowest BCUT2D eigenvalue weighted by molar-refractivity contribution is -0.189. The maximum Gasteiger partial charge on any atom is 0.414 e. The van der Waals surface area contributed by atoms with Gasteiger partial charge in [-0.15, -0.1) is 0 Å². The molecule has 0 aromatic heterocycles. The Bertz CT molecular complexity index is 1170. The van der Waals surface area contributed by atoms with Gasteiger partial charge in [0.2, 0.25) is 0 Å². The Morgan fingerprint density at radius 1 is 1.25 bits per heavy atom. The molecule has 0 aliphatic heterocycles. The molecule has 0 heterocycles. The molecule has 2 fully saturated rings. The second-order valence-electron chi connectivity index (χ2n) is 11.7. The molecule has 5 rings (SSSR count). The van der Waals surface area contributed by atoms with Crippen LogP contribution < -0.4 is 4.90 Å². The molecular weight excluding hydrogens is 482 g/mol. The number of fused-ring (bicyclic) bond motifs is 3. The number of aliphatic hydroxyl groups excluding tert-OH is 2. The minimum Gasteiger partial charge on any atom is -0.438 e. The van der Waals surface area contributed by atoms with Crippen LogP contribution in [0.4, 0.5) is 10.5 Å². The highest BCUT2D eigenvalue weighted by Crippen LogP contribution is 2.71. The summed E-state index contributed by atoms with van der Waals surface area (Å²) in [7, 11) is 1.53. The van der Waals surface area contributed by atoms with Crippen LogP contribution in [0.5, 0.6) is 0 Å². The average Bonchev–Trinajstić information content (AvgIpc) is 3.32.